The van der Waals surface area contributed by atoms with Crippen molar-refractivity contribution in [2.75, 3.05) is 10.6 Å². The molecule has 0 atom stereocenters. The van der Waals surface area contributed by atoms with Gasteiger partial charge < -0.3 is 15.6 Å². The average Bonchev–Trinajstić information content (AvgIpc) is 3.04. The van der Waals surface area contributed by atoms with Crippen molar-refractivity contribution in [3.05, 3.63) is 83.7 Å². The van der Waals surface area contributed by atoms with E-state index in [0.29, 0.717) is 5.69 Å². The Labute approximate surface area is 162 Å². The Morgan fingerprint density at radius 1 is 0.893 bits per heavy atom. The first-order valence-electron chi connectivity index (χ1n) is 9.03. The molecule has 1 heterocycles. The van der Waals surface area contributed by atoms with Crippen LogP contribution >= 0.6 is 0 Å². The highest BCUT2D eigenvalue weighted by Crippen LogP contribution is 2.35. The van der Waals surface area contributed by atoms with Gasteiger partial charge in [-0.05, 0) is 67.4 Å². The van der Waals surface area contributed by atoms with Crippen molar-refractivity contribution in [1.82, 2.24) is 4.98 Å². The second kappa shape index (κ2) is 7.19. The molecule has 0 bridgehead atoms. The summed E-state index contributed by atoms with van der Waals surface area (Å²) in [6, 6.07) is 19.3. The lowest BCUT2D eigenvalue weighted by Crippen LogP contribution is -2.19. The van der Waals surface area contributed by atoms with Gasteiger partial charge in [0.25, 0.3) is 0 Å². The highest BCUT2D eigenvalue weighted by atomic mass is 19.1. The third-order valence-corrected chi connectivity index (χ3v) is 4.84. The molecule has 28 heavy (non-hydrogen) atoms. The Hall–Kier alpha value is -3.60. The maximum atomic E-state index is 13.3. The van der Waals surface area contributed by atoms with Crippen molar-refractivity contribution in [2.24, 2.45) is 0 Å². The Kier molecular flexibility index (Phi) is 4.57. The number of nitrogens with one attached hydrogen (secondary N) is 3. The maximum Gasteiger partial charge on any atom is 0.323 e. The lowest BCUT2D eigenvalue weighted by molar-refractivity contribution is 0.262. The molecule has 4 nitrogen and oxygen atoms in total. The van der Waals surface area contributed by atoms with Crippen LogP contribution in [0.3, 0.4) is 0 Å². The number of rotatable bonds is 3. The van der Waals surface area contributed by atoms with Gasteiger partial charge in [0.2, 0.25) is 0 Å². The number of halogens is 1. The zero-order valence-corrected chi connectivity index (χ0v) is 15.6. The van der Waals surface area contributed by atoms with E-state index >= 15 is 0 Å². The van der Waals surface area contributed by atoms with E-state index in [9.17, 15) is 9.18 Å². The third kappa shape index (κ3) is 3.47. The Morgan fingerprint density at radius 2 is 1.64 bits per heavy atom. The molecule has 4 aromatic rings. The van der Waals surface area contributed by atoms with Gasteiger partial charge in [0.1, 0.15) is 5.82 Å². The quantitative estimate of drug-likeness (QED) is 0.391. The number of aromatic amines is 1. The Balaban J connectivity index is 1.68. The lowest BCUT2D eigenvalue weighted by Gasteiger charge is -2.11. The van der Waals surface area contributed by atoms with Crippen LogP contribution in [0.4, 0.5) is 20.6 Å². The zero-order valence-electron chi connectivity index (χ0n) is 15.6. The SMILES string of the molecule is Cc1ccc(NC(=O)Nc2c(-c3ccc(F)cc3)[nH]c3ccccc23)cc1C. The highest BCUT2D eigenvalue weighted by molar-refractivity contribution is 6.10. The number of fused-ring (bicyclic) bond motifs is 1. The minimum atomic E-state index is -0.337. The van der Waals surface area contributed by atoms with Crippen LogP contribution in [0.5, 0.6) is 0 Å². The predicted molar refractivity (Wildman–Crippen MR) is 112 cm³/mol. The summed E-state index contributed by atoms with van der Waals surface area (Å²) in [7, 11) is 0. The van der Waals surface area contributed by atoms with Crippen molar-refractivity contribution in [3.63, 3.8) is 0 Å². The maximum absolute atomic E-state index is 13.3. The number of H-pyrrole nitrogens is 1. The van der Waals surface area contributed by atoms with E-state index in [-0.39, 0.29) is 11.8 Å². The van der Waals surface area contributed by atoms with E-state index in [4.69, 9.17) is 0 Å². The van der Waals surface area contributed by atoms with Gasteiger partial charge in [-0.25, -0.2) is 9.18 Å². The number of para-hydroxylation sites is 1. The van der Waals surface area contributed by atoms with Crippen molar-refractivity contribution < 1.29 is 9.18 Å². The molecule has 0 spiro atoms. The molecule has 4 rings (SSSR count). The summed E-state index contributed by atoms with van der Waals surface area (Å²) >= 11 is 0. The fourth-order valence-corrected chi connectivity index (χ4v) is 3.20. The summed E-state index contributed by atoms with van der Waals surface area (Å²) in [6.07, 6.45) is 0. The van der Waals surface area contributed by atoms with E-state index in [1.54, 1.807) is 12.1 Å². The van der Waals surface area contributed by atoms with Gasteiger partial charge in [-0.15, -0.1) is 0 Å². The minimum Gasteiger partial charge on any atom is -0.353 e. The summed E-state index contributed by atoms with van der Waals surface area (Å²) in [5.74, 6) is -0.304. The fraction of sp³-hybridized carbons (Fsp3) is 0.0870. The topological polar surface area (TPSA) is 56.9 Å². The van der Waals surface area contributed by atoms with Crippen LogP contribution in [0.25, 0.3) is 22.2 Å². The molecule has 5 heteroatoms. The van der Waals surface area contributed by atoms with Crippen LogP contribution in [0.1, 0.15) is 11.1 Å². The first-order valence-corrected chi connectivity index (χ1v) is 9.03. The van der Waals surface area contributed by atoms with Crippen LogP contribution < -0.4 is 10.6 Å². The number of benzene rings is 3. The summed E-state index contributed by atoms with van der Waals surface area (Å²) in [5, 5.41) is 6.72. The second-order valence-electron chi connectivity index (χ2n) is 6.81. The van der Waals surface area contributed by atoms with Crippen LogP contribution in [0, 0.1) is 19.7 Å². The van der Waals surface area contributed by atoms with E-state index in [0.717, 1.165) is 33.4 Å². The minimum absolute atomic E-state index is 0.304. The molecule has 0 fully saturated rings. The van der Waals surface area contributed by atoms with E-state index < -0.39 is 0 Å². The van der Waals surface area contributed by atoms with Gasteiger partial charge in [-0.1, -0.05) is 24.3 Å². The van der Waals surface area contributed by atoms with E-state index in [1.165, 1.54) is 17.7 Å². The van der Waals surface area contributed by atoms with E-state index in [2.05, 4.69) is 15.6 Å². The number of anilines is 2. The van der Waals surface area contributed by atoms with Gasteiger partial charge in [0.15, 0.2) is 0 Å². The summed E-state index contributed by atoms with van der Waals surface area (Å²) in [4.78, 5) is 16.0. The molecule has 0 aliphatic heterocycles. The Bertz CT molecular complexity index is 1160. The van der Waals surface area contributed by atoms with Gasteiger partial charge in [-0.2, -0.15) is 0 Å². The molecule has 2 amide bonds. The molecule has 140 valence electrons. The van der Waals surface area contributed by atoms with Crippen LogP contribution in [-0.2, 0) is 0 Å². The van der Waals surface area contributed by atoms with Gasteiger partial charge in [0, 0.05) is 22.2 Å². The number of carbonyl (C=O) groups is 1. The smallest absolute Gasteiger partial charge is 0.323 e. The molecule has 0 aliphatic rings. The van der Waals surface area contributed by atoms with Crippen molar-refractivity contribution in [3.8, 4) is 11.3 Å². The first-order chi connectivity index (χ1) is 13.5. The molecule has 0 saturated heterocycles. The van der Waals surface area contributed by atoms with Gasteiger partial charge >= 0.3 is 6.03 Å². The first kappa shape index (κ1) is 17.8. The fourth-order valence-electron chi connectivity index (χ4n) is 3.20. The Morgan fingerprint density at radius 3 is 2.39 bits per heavy atom. The predicted octanol–water partition coefficient (Wildman–Crippen LogP) is 6.23. The normalized spacial score (nSPS) is 10.8. The molecule has 3 N–H and O–H groups in total. The largest absolute Gasteiger partial charge is 0.353 e. The summed E-state index contributed by atoms with van der Waals surface area (Å²) in [5.41, 5.74) is 6.07. The number of hydrogen-bond acceptors (Lipinski definition) is 1. The van der Waals surface area contributed by atoms with Crippen LogP contribution in [0.2, 0.25) is 0 Å². The highest BCUT2D eigenvalue weighted by Gasteiger charge is 2.15. The standard InChI is InChI=1S/C23H20FN3O/c1-14-7-12-18(13-15(14)2)25-23(28)27-22-19-5-3-4-6-20(19)26-21(22)16-8-10-17(24)11-9-16/h3-13,26H,1-2H3,(H2,25,27,28). The molecule has 0 radical (unpaired) electrons. The molecular weight excluding hydrogens is 353 g/mol. The number of carbonyl (C=O) groups excluding carboxylic acids is 1. The number of hydrogen-bond donors (Lipinski definition) is 3. The number of aromatic nitrogens is 1. The molecular formula is C23H20FN3O. The number of urea groups is 1. The number of aryl methyl sites for hydroxylation is 2. The van der Waals surface area contributed by atoms with Gasteiger partial charge in [0.05, 0.1) is 11.4 Å². The summed E-state index contributed by atoms with van der Waals surface area (Å²) < 4.78 is 13.3. The van der Waals surface area contributed by atoms with Crippen molar-refractivity contribution in [1.29, 1.82) is 0 Å². The zero-order chi connectivity index (χ0) is 19.7. The number of amides is 2. The molecule has 1 aromatic heterocycles. The van der Waals surface area contributed by atoms with Gasteiger partial charge in [-0.3, -0.25) is 0 Å². The third-order valence-electron chi connectivity index (χ3n) is 4.84. The molecule has 0 unspecified atom stereocenters. The monoisotopic (exact) mass is 373 g/mol. The average molecular weight is 373 g/mol. The molecule has 0 aliphatic carbocycles. The molecule has 0 saturated carbocycles. The van der Waals surface area contributed by atoms with E-state index in [1.807, 2.05) is 56.3 Å². The van der Waals surface area contributed by atoms with Crippen LogP contribution in [0.15, 0.2) is 66.7 Å². The second-order valence-corrected chi connectivity index (χ2v) is 6.81. The van der Waals surface area contributed by atoms with Crippen molar-refractivity contribution >= 4 is 28.3 Å². The van der Waals surface area contributed by atoms with Crippen LogP contribution in [-0.4, -0.2) is 11.0 Å². The van der Waals surface area contributed by atoms with Crippen molar-refractivity contribution in [2.45, 2.75) is 13.8 Å². The lowest BCUT2D eigenvalue weighted by atomic mass is 10.1. The summed E-state index contributed by atoms with van der Waals surface area (Å²) in [6.45, 7) is 4.03. The molecule has 3 aromatic carbocycles.